The van der Waals surface area contributed by atoms with Crippen molar-refractivity contribution in [2.75, 3.05) is 0 Å². The quantitative estimate of drug-likeness (QED) is 0.686. The van der Waals surface area contributed by atoms with Gasteiger partial charge in [0.25, 0.3) is 5.56 Å². The van der Waals surface area contributed by atoms with Gasteiger partial charge in [-0.05, 0) is 43.7 Å². The van der Waals surface area contributed by atoms with E-state index in [9.17, 15) is 14.7 Å². The van der Waals surface area contributed by atoms with E-state index in [0.717, 1.165) is 10.1 Å². The van der Waals surface area contributed by atoms with Crippen molar-refractivity contribution in [2.24, 2.45) is 0 Å². The van der Waals surface area contributed by atoms with Crippen LogP contribution in [0.5, 0.6) is 0 Å². The lowest BCUT2D eigenvalue weighted by Crippen LogP contribution is -2.43. The van der Waals surface area contributed by atoms with E-state index in [1.54, 1.807) is 44.2 Å². The zero-order chi connectivity index (χ0) is 19.9. The van der Waals surface area contributed by atoms with Crippen molar-refractivity contribution in [3.8, 4) is 0 Å². The number of hydrogen-bond acceptors (Lipinski definition) is 3. The monoisotopic (exact) mass is 426 g/mol. The van der Waals surface area contributed by atoms with E-state index in [1.165, 1.54) is 10.6 Å². The van der Waals surface area contributed by atoms with Gasteiger partial charge in [-0.3, -0.25) is 13.9 Å². The first kappa shape index (κ1) is 20.0. The topological polar surface area (TPSA) is 64.2 Å². The van der Waals surface area contributed by atoms with Crippen LogP contribution in [0, 0.1) is 0 Å². The minimum Gasteiger partial charge on any atom is -0.389 e. The molecule has 0 radical (unpaired) electrons. The third-order valence-corrected chi connectivity index (χ3v) is 5.14. The number of aliphatic hydroxyl groups is 1. The van der Waals surface area contributed by atoms with Gasteiger partial charge in [-0.1, -0.05) is 46.9 Å². The zero-order valence-electron chi connectivity index (χ0n) is 14.7. The molecular formula is C19H17Cl3N2O3. The van der Waals surface area contributed by atoms with Gasteiger partial charge in [0.1, 0.15) is 0 Å². The van der Waals surface area contributed by atoms with Crippen molar-refractivity contribution >= 4 is 45.7 Å². The van der Waals surface area contributed by atoms with Crippen LogP contribution in [-0.2, 0) is 13.1 Å². The second-order valence-electron chi connectivity index (χ2n) is 6.95. The van der Waals surface area contributed by atoms with E-state index in [2.05, 4.69) is 0 Å². The molecule has 0 atom stereocenters. The molecule has 8 heteroatoms. The average Bonchev–Trinajstić information content (AvgIpc) is 2.59. The number of nitrogens with zero attached hydrogens (tertiary/aromatic N) is 2. The first-order valence-electron chi connectivity index (χ1n) is 8.16. The van der Waals surface area contributed by atoms with Crippen LogP contribution < -0.4 is 11.2 Å². The minimum atomic E-state index is -1.18. The summed E-state index contributed by atoms with van der Waals surface area (Å²) in [5, 5.41) is 11.2. The van der Waals surface area contributed by atoms with Gasteiger partial charge in [0.2, 0.25) is 0 Å². The van der Waals surface area contributed by atoms with Crippen molar-refractivity contribution in [2.45, 2.75) is 32.5 Å². The number of aromatic nitrogens is 2. The van der Waals surface area contributed by atoms with Crippen LogP contribution in [0.3, 0.4) is 0 Å². The number of rotatable bonds is 4. The molecule has 0 fully saturated rings. The summed E-state index contributed by atoms with van der Waals surface area (Å²) >= 11 is 18.3. The average molecular weight is 428 g/mol. The van der Waals surface area contributed by atoms with Gasteiger partial charge in [-0.25, -0.2) is 4.79 Å². The van der Waals surface area contributed by atoms with E-state index in [-0.39, 0.29) is 28.5 Å². The Kier molecular flexibility index (Phi) is 5.41. The fourth-order valence-corrected chi connectivity index (χ4v) is 3.42. The van der Waals surface area contributed by atoms with Gasteiger partial charge in [-0.2, -0.15) is 0 Å². The summed E-state index contributed by atoms with van der Waals surface area (Å²) in [5.74, 6) is 0. The highest BCUT2D eigenvalue weighted by Crippen LogP contribution is 2.28. The Hall–Kier alpha value is -1.79. The van der Waals surface area contributed by atoms with E-state index in [1.807, 2.05) is 0 Å². The molecule has 1 N–H and O–H groups in total. The summed E-state index contributed by atoms with van der Waals surface area (Å²) in [6.07, 6.45) is 0. The molecule has 1 aromatic heterocycles. The maximum atomic E-state index is 13.1. The maximum absolute atomic E-state index is 13.1. The van der Waals surface area contributed by atoms with Gasteiger partial charge < -0.3 is 5.11 Å². The van der Waals surface area contributed by atoms with Crippen molar-refractivity contribution in [3.63, 3.8) is 0 Å². The van der Waals surface area contributed by atoms with Crippen molar-refractivity contribution < 1.29 is 5.11 Å². The highest BCUT2D eigenvalue weighted by molar-refractivity contribution is 6.45. The Morgan fingerprint density at radius 1 is 0.963 bits per heavy atom. The molecule has 0 saturated carbocycles. The molecule has 0 amide bonds. The predicted molar refractivity (Wildman–Crippen MR) is 109 cm³/mol. The molecule has 27 heavy (non-hydrogen) atoms. The molecule has 0 aliphatic carbocycles. The summed E-state index contributed by atoms with van der Waals surface area (Å²) in [6.45, 7) is 3.19. The van der Waals surface area contributed by atoms with Gasteiger partial charge in [0.15, 0.2) is 0 Å². The van der Waals surface area contributed by atoms with Crippen LogP contribution in [0.1, 0.15) is 19.4 Å². The molecule has 5 nitrogen and oxygen atoms in total. The standard InChI is InChI=1S/C19H17Cl3N2O3/c1-19(2,27)10-24-14-8-7-13(21)16(22)15(14)17(25)23(18(24)26)9-11-3-5-12(20)6-4-11/h3-8,27H,9-10H2,1-2H3. The zero-order valence-corrected chi connectivity index (χ0v) is 16.9. The van der Waals surface area contributed by atoms with Crippen molar-refractivity contribution in [1.82, 2.24) is 9.13 Å². The van der Waals surface area contributed by atoms with Crippen LogP contribution in [0.15, 0.2) is 46.0 Å². The van der Waals surface area contributed by atoms with Crippen LogP contribution in [0.25, 0.3) is 10.9 Å². The van der Waals surface area contributed by atoms with E-state index < -0.39 is 16.9 Å². The summed E-state index contributed by atoms with van der Waals surface area (Å²) in [7, 11) is 0. The largest absolute Gasteiger partial charge is 0.389 e. The molecule has 0 spiro atoms. The van der Waals surface area contributed by atoms with Crippen LogP contribution >= 0.6 is 34.8 Å². The molecular weight excluding hydrogens is 411 g/mol. The van der Waals surface area contributed by atoms with Crippen LogP contribution in [0.2, 0.25) is 15.1 Å². The number of benzene rings is 2. The van der Waals surface area contributed by atoms with Gasteiger partial charge >= 0.3 is 5.69 Å². The Morgan fingerprint density at radius 3 is 2.19 bits per heavy atom. The van der Waals surface area contributed by atoms with E-state index in [0.29, 0.717) is 10.5 Å². The van der Waals surface area contributed by atoms with Crippen molar-refractivity contribution in [1.29, 1.82) is 0 Å². The second-order valence-corrected chi connectivity index (χ2v) is 8.18. The first-order valence-corrected chi connectivity index (χ1v) is 9.30. The lowest BCUT2D eigenvalue weighted by molar-refractivity contribution is 0.0610. The molecule has 3 aromatic rings. The number of fused-ring (bicyclic) bond motifs is 1. The Balaban J connectivity index is 2.33. The molecule has 0 saturated heterocycles. The molecule has 2 aromatic carbocycles. The predicted octanol–water partition coefficient (Wildman–Crippen LogP) is 3.94. The third-order valence-electron chi connectivity index (χ3n) is 4.08. The Morgan fingerprint density at radius 2 is 1.59 bits per heavy atom. The summed E-state index contributed by atoms with van der Waals surface area (Å²) in [4.78, 5) is 26.1. The Bertz CT molecular complexity index is 1130. The van der Waals surface area contributed by atoms with Crippen LogP contribution in [0.4, 0.5) is 0 Å². The molecule has 0 aliphatic rings. The highest BCUT2D eigenvalue weighted by Gasteiger charge is 2.22. The summed E-state index contributed by atoms with van der Waals surface area (Å²) in [6, 6.07) is 9.92. The first-order chi connectivity index (χ1) is 12.6. The van der Waals surface area contributed by atoms with Crippen LogP contribution in [-0.4, -0.2) is 19.8 Å². The fourth-order valence-electron chi connectivity index (χ4n) is 2.89. The molecule has 0 bridgehead atoms. The minimum absolute atomic E-state index is 0.0127. The lowest BCUT2D eigenvalue weighted by Gasteiger charge is -2.22. The third kappa shape index (κ3) is 4.06. The number of hydrogen-bond donors (Lipinski definition) is 1. The lowest BCUT2D eigenvalue weighted by atomic mass is 10.1. The van der Waals surface area contributed by atoms with E-state index in [4.69, 9.17) is 34.8 Å². The van der Waals surface area contributed by atoms with Gasteiger partial charge in [0.05, 0.1) is 39.6 Å². The SMILES string of the molecule is CC(C)(O)Cn1c(=O)n(Cc2ccc(Cl)cc2)c(=O)c2c(Cl)c(Cl)ccc21. The molecule has 0 unspecified atom stereocenters. The summed E-state index contributed by atoms with van der Waals surface area (Å²) < 4.78 is 2.42. The summed E-state index contributed by atoms with van der Waals surface area (Å²) in [5.41, 5.74) is -1.20. The normalized spacial score (nSPS) is 11.9. The maximum Gasteiger partial charge on any atom is 0.331 e. The fraction of sp³-hybridized carbons (Fsp3) is 0.263. The van der Waals surface area contributed by atoms with Crippen molar-refractivity contribution in [3.05, 3.63) is 77.9 Å². The van der Waals surface area contributed by atoms with E-state index >= 15 is 0 Å². The Labute approximate surface area is 170 Å². The van der Waals surface area contributed by atoms with Gasteiger partial charge in [-0.15, -0.1) is 0 Å². The van der Waals surface area contributed by atoms with Gasteiger partial charge in [0, 0.05) is 5.02 Å². The smallest absolute Gasteiger partial charge is 0.331 e. The second kappa shape index (κ2) is 7.32. The molecule has 1 heterocycles. The molecule has 0 aliphatic heterocycles. The molecule has 142 valence electrons. The molecule has 3 rings (SSSR count). The number of halogens is 3. The highest BCUT2D eigenvalue weighted by atomic mass is 35.5.